The maximum atomic E-state index is 14.4. The Morgan fingerprint density at radius 1 is 1.22 bits per heavy atom. The second-order valence-corrected chi connectivity index (χ2v) is 12.3. The quantitative estimate of drug-likeness (QED) is 0.319. The third kappa shape index (κ3) is 5.47. The second kappa shape index (κ2) is 10.2. The number of amides is 1. The average Bonchev–Trinajstić information content (AvgIpc) is 3.12. The van der Waals surface area contributed by atoms with Crippen molar-refractivity contribution in [3.63, 3.8) is 0 Å². The largest absolute Gasteiger partial charge is 0.508 e. The van der Waals surface area contributed by atoms with Crippen molar-refractivity contribution >= 4 is 11.7 Å². The van der Waals surface area contributed by atoms with E-state index < -0.39 is 11.6 Å². The van der Waals surface area contributed by atoms with Gasteiger partial charge in [-0.3, -0.25) is 9.59 Å². The van der Waals surface area contributed by atoms with E-state index in [0.29, 0.717) is 11.8 Å². The van der Waals surface area contributed by atoms with E-state index in [9.17, 15) is 19.8 Å². The third-order valence-electron chi connectivity index (χ3n) is 9.06. The van der Waals surface area contributed by atoms with Crippen LogP contribution in [0.5, 0.6) is 5.75 Å². The fraction of sp³-hybridized carbons (Fsp3) is 0.562. The Hall–Kier alpha value is -2.66. The number of Topliss-reactive ketones (excluding diaryl/α,β-unsaturated/α-hetero) is 1. The Morgan fingerprint density at radius 3 is 2.54 bits per heavy atom. The van der Waals surface area contributed by atoms with Gasteiger partial charge in [0.2, 0.25) is 0 Å². The maximum Gasteiger partial charge on any atom is 0.257 e. The van der Waals surface area contributed by atoms with Crippen molar-refractivity contribution < 1.29 is 19.8 Å². The van der Waals surface area contributed by atoms with Gasteiger partial charge >= 0.3 is 0 Å². The van der Waals surface area contributed by atoms with Gasteiger partial charge in [0, 0.05) is 18.3 Å². The molecule has 1 fully saturated rings. The normalized spacial score (nSPS) is 34.8. The smallest absolute Gasteiger partial charge is 0.257 e. The van der Waals surface area contributed by atoms with E-state index in [1.54, 1.807) is 24.3 Å². The van der Waals surface area contributed by atoms with Crippen molar-refractivity contribution in [3.8, 4) is 5.75 Å². The first-order valence-electron chi connectivity index (χ1n) is 13.8. The number of carbonyl (C=O) groups excluding carboxylic acids is 2. The van der Waals surface area contributed by atoms with Gasteiger partial charge in [0.1, 0.15) is 5.75 Å². The van der Waals surface area contributed by atoms with Crippen LogP contribution < -0.4 is 5.32 Å². The predicted molar refractivity (Wildman–Crippen MR) is 147 cm³/mol. The van der Waals surface area contributed by atoms with E-state index in [1.165, 1.54) is 17.2 Å². The average molecular weight is 506 g/mol. The van der Waals surface area contributed by atoms with Crippen molar-refractivity contribution in [1.82, 2.24) is 5.32 Å². The molecule has 37 heavy (non-hydrogen) atoms. The Morgan fingerprint density at radius 2 is 1.89 bits per heavy atom. The summed E-state index contributed by atoms with van der Waals surface area (Å²) in [5.41, 5.74) is 1.50. The highest BCUT2D eigenvalue weighted by Gasteiger charge is 2.53. The number of rotatable bonds is 7. The zero-order chi connectivity index (χ0) is 27.1. The first-order valence-corrected chi connectivity index (χ1v) is 13.8. The molecule has 1 aliphatic heterocycles. The minimum absolute atomic E-state index is 0.0486. The molecular weight excluding hydrogens is 462 g/mol. The monoisotopic (exact) mass is 505 g/mol. The molecule has 2 aliphatic carbocycles. The number of phenolic OH excluding ortho intramolecular Hbond substituents is 1. The standard InChI is InChI=1S/C32H43NO4/c1-7-19(2)14-21(4)27-22(5)16-31(6)15-20(3)8-13-26(31)28(27)29(35)25-18-32(37,33-30(25)36)17-23-9-11-24(34)12-10-23/h9-12,14,16,18-20,26-28,34,37H,7-8,13,15,17H2,1-6H3,(H,33,36)/b21-14+/t19?,20-,26+,27-,28+,31+,32?/m1/s1. The van der Waals surface area contributed by atoms with E-state index in [4.69, 9.17) is 0 Å². The van der Waals surface area contributed by atoms with E-state index in [1.807, 2.05) is 0 Å². The lowest BCUT2D eigenvalue weighted by atomic mass is 9.52. The number of aromatic hydroxyl groups is 1. The topological polar surface area (TPSA) is 86.6 Å². The lowest BCUT2D eigenvalue weighted by molar-refractivity contribution is -0.129. The number of benzene rings is 1. The summed E-state index contributed by atoms with van der Waals surface area (Å²) in [5.74, 6) is 0.236. The number of nitrogens with one attached hydrogen (secondary N) is 1. The van der Waals surface area contributed by atoms with Gasteiger partial charge in [-0.15, -0.1) is 0 Å². The molecule has 0 aromatic heterocycles. The number of fused-ring (bicyclic) bond motifs is 1. The van der Waals surface area contributed by atoms with Gasteiger partial charge in [-0.25, -0.2) is 0 Å². The SMILES string of the molecule is CCC(C)/C=C(\C)[C@@H]1C(C)=C[C@]2(C)C[C@H](C)CC[C@H]2[C@@H]1C(=O)C1=CC(O)(Cc2ccc(O)cc2)NC1=O. The Bertz CT molecular complexity index is 1150. The molecule has 2 unspecified atom stereocenters. The predicted octanol–water partition coefficient (Wildman–Crippen LogP) is 5.88. The molecule has 0 saturated heterocycles. The Balaban J connectivity index is 1.73. The third-order valence-corrected chi connectivity index (χ3v) is 9.06. The number of hydrogen-bond acceptors (Lipinski definition) is 4. The van der Waals surface area contributed by atoms with Gasteiger partial charge in [0.25, 0.3) is 5.91 Å². The van der Waals surface area contributed by atoms with Crippen LogP contribution in [0.1, 0.15) is 72.8 Å². The molecule has 1 aromatic carbocycles. The van der Waals surface area contributed by atoms with Gasteiger partial charge in [-0.1, -0.05) is 76.0 Å². The summed E-state index contributed by atoms with van der Waals surface area (Å²) < 4.78 is 0. The molecule has 5 nitrogen and oxygen atoms in total. The van der Waals surface area contributed by atoms with Crippen LogP contribution in [0, 0.1) is 35.0 Å². The molecule has 1 amide bonds. The summed E-state index contributed by atoms with van der Waals surface area (Å²) in [6.07, 6.45) is 10.4. The van der Waals surface area contributed by atoms with Crippen molar-refractivity contribution in [2.24, 2.45) is 35.0 Å². The molecule has 0 radical (unpaired) electrons. The van der Waals surface area contributed by atoms with Crippen LogP contribution in [0.2, 0.25) is 0 Å². The van der Waals surface area contributed by atoms with E-state index in [-0.39, 0.29) is 46.7 Å². The van der Waals surface area contributed by atoms with Crippen molar-refractivity contribution in [3.05, 3.63) is 64.8 Å². The molecule has 200 valence electrons. The van der Waals surface area contributed by atoms with Crippen LogP contribution in [0.15, 0.2) is 59.2 Å². The maximum absolute atomic E-state index is 14.4. The molecule has 1 saturated carbocycles. The number of carbonyl (C=O) groups is 2. The van der Waals surface area contributed by atoms with Crippen LogP contribution in [0.25, 0.3) is 0 Å². The summed E-state index contributed by atoms with van der Waals surface area (Å²) in [5, 5.41) is 23.5. The number of aliphatic hydroxyl groups is 1. The van der Waals surface area contributed by atoms with E-state index in [2.05, 4.69) is 59.0 Å². The Kier molecular flexibility index (Phi) is 7.58. The lowest BCUT2D eigenvalue weighted by Gasteiger charge is -2.52. The molecule has 5 heteroatoms. The first kappa shape index (κ1) is 27.4. The number of allylic oxidation sites excluding steroid dienone is 4. The summed E-state index contributed by atoms with van der Waals surface area (Å²) in [6.45, 7) is 13.2. The van der Waals surface area contributed by atoms with Crippen LogP contribution in [-0.4, -0.2) is 27.6 Å². The number of hydrogen-bond donors (Lipinski definition) is 3. The van der Waals surface area contributed by atoms with Crippen LogP contribution in [0.3, 0.4) is 0 Å². The molecule has 3 aliphatic rings. The van der Waals surface area contributed by atoms with Gasteiger partial charge in [-0.2, -0.15) is 0 Å². The van der Waals surface area contributed by atoms with E-state index >= 15 is 0 Å². The second-order valence-electron chi connectivity index (χ2n) is 12.3. The van der Waals surface area contributed by atoms with Gasteiger partial charge in [-0.05, 0) is 73.6 Å². The van der Waals surface area contributed by atoms with Crippen LogP contribution in [0.4, 0.5) is 0 Å². The molecule has 4 rings (SSSR count). The fourth-order valence-corrected chi connectivity index (χ4v) is 7.31. The van der Waals surface area contributed by atoms with Crippen LogP contribution in [-0.2, 0) is 16.0 Å². The van der Waals surface area contributed by atoms with E-state index in [0.717, 1.165) is 31.2 Å². The molecular formula is C32H43NO4. The molecule has 1 aromatic rings. The van der Waals surface area contributed by atoms with Gasteiger partial charge < -0.3 is 15.5 Å². The lowest BCUT2D eigenvalue weighted by Crippen LogP contribution is -2.48. The highest BCUT2D eigenvalue weighted by Crippen LogP contribution is 2.56. The highest BCUT2D eigenvalue weighted by atomic mass is 16.3. The molecule has 0 bridgehead atoms. The van der Waals surface area contributed by atoms with Crippen molar-refractivity contribution in [2.45, 2.75) is 79.4 Å². The van der Waals surface area contributed by atoms with Crippen molar-refractivity contribution in [1.29, 1.82) is 0 Å². The Labute approximate surface area is 221 Å². The molecule has 3 N–H and O–H groups in total. The highest BCUT2D eigenvalue weighted by molar-refractivity contribution is 6.22. The zero-order valence-corrected chi connectivity index (χ0v) is 23.2. The van der Waals surface area contributed by atoms with Gasteiger partial charge in [0.15, 0.2) is 11.5 Å². The zero-order valence-electron chi connectivity index (χ0n) is 23.2. The fourth-order valence-electron chi connectivity index (χ4n) is 7.31. The number of phenols is 1. The summed E-state index contributed by atoms with van der Waals surface area (Å²) in [6, 6.07) is 6.50. The van der Waals surface area contributed by atoms with Gasteiger partial charge in [0.05, 0.1) is 5.57 Å². The first-order chi connectivity index (χ1) is 17.4. The summed E-state index contributed by atoms with van der Waals surface area (Å²) >= 11 is 0. The number of ketones is 1. The summed E-state index contributed by atoms with van der Waals surface area (Å²) in [7, 11) is 0. The minimum atomic E-state index is -1.64. The van der Waals surface area contributed by atoms with Crippen LogP contribution >= 0.6 is 0 Å². The molecule has 7 atom stereocenters. The summed E-state index contributed by atoms with van der Waals surface area (Å²) in [4.78, 5) is 27.5. The van der Waals surface area contributed by atoms with Crippen molar-refractivity contribution in [2.75, 3.05) is 0 Å². The minimum Gasteiger partial charge on any atom is -0.508 e. The molecule has 1 heterocycles. The molecule has 0 spiro atoms.